The summed E-state index contributed by atoms with van der Waals surface area (Å²) in [7, 11) is 3.02. The third-order valence-electron chi connectivity index (χ3n) is 4.64. The van der Waals surface area contributed by atoms with Crippen molar-refractivity contribution in [1.82, 2.24) is 10.7 Å². The zero-order valence-corrected chi connectivity index (χ0v) is 20.3. The summed E-state index contributed by atoms with van der Waals surface area (Å²) in [5.74, 6) is 0.604. The van der Waals surface area contributed by atoms with Gasteiger partial charge in [-0.2, -0.15) is 5.10 Å². The molecule has 0 radical (unpaired) electrons. The lowest BCUT2D eigenvalue weighted by atomic mass is 10.2. The first kappa shape index (κ1) is 24.8. The Morgan fingerprint density at radius 2 is 1.68 bits per heavy atom. The number of methoxy groups -OCH3 is 2. The van der Waals surface area contributed by atoms with Crippen LogP contribution in [-0.2, 0) is 11.4 Å². The molecule has 0 aliphatic rings. The van der Waals surface area contributed by atoms with Crippen LogP contribution >= 0.6 is 15.9 Å². The molecule has 0 heterocycles. The zero-order valence-electron chi connectivity index (χ0n) is 18.7. The van der Waals surface area contributed by atoms with E-state index in [2.05, 4.69) is 31.8 Å². The summed E-state index contributed by atoms with van der Waals surface area (Å²) in [5.41, 5.74) is 4.43. The fourth-order valence-corrected chi connectivity index (χ4v) is 3.56. The van der Waals surface area contributed by atoms with E-state index >= 15 is 0 Å². The number of nitrogens with one attached hydrogen (secondary N) is 2. The van der Waals surface area contributed by atoms with Crippen LogP contribution in [0.25, 0.3) is 0 Å². The van der Waals surface area contributed by atoms with Crippen molar-refractivity contribution in [3.05, 3.63) is 87.9 Å². The van der Waals surface area contributed by atoms with Crippen molar-refractivity contribution in [2.75, 3.05) is 20.8 Å². The lowest BCUT2D eigenvalue weighted by Gasteiger charge is -2.13. The minimum Gasteiger partial charge on any atom is -0.496 e. The maximum Gasteiger partial charge on any atom is 0.259 e. The third kappa shape index (κ3) is 6.82. The summed E-state index contributed by atoms with van der Waals surface area (Å²) in [4.78, 5) is 24.3. The smallest absolute Gasteiger partial charge is 0.259 e. The van der Waals surface area contributed by atoms with Crippen molar-refractivity contribution in [3.8, 4) is 17.2 Å². The Labute approximate surface area is 206 Å². The summed E-state index contributed by atoms with van der Waals surface area (Å²) in [6.07, 6.45) is 1.47. The zero-order chi connectivity index (χ0) is 24.3. The number of para-hydroxylation sites is 1. The van der Waals surface area contributed by atoms with Crippen LogP contribution in [0.4, 0.5) is 0 Å². The van der Waals surface area contributed by atoms with Gasteiger partial charge in [-0.3, -0.25) is 9.59 Å². The Bertz CT molecular complexity index is 1170. The van der Waals surface area contributed by atoms with Crippen LogP contribution in [-0.4, -0.2) is 38.8 Å². The number of halogens is 1. The molecule has 8 nitrogen and oxygen atoms in total. The van der Waals surface area contributed by atoms with E-state index < -0.39 is 11.8 Å². The van der Waals surface area contributed by atoms with Gasteiger partial charge in [-0.05, 0) is 51.3 Å². The molecule has 0 aromatic heterocycles. The molecular formula is C25H24BrN3O5. The van der Waals surface area contributed by atoms with Gasteiger partial charge in [0.25, 0.3) is 11.8 Å². The lowest BCUT2D eigenvalue weighted by molar-refractivity contribution is -0.120. The predicted molar refractivity (Wildman–Crippen MR) is 133 cm³/mol. The normalized spacial score (nSPS) is 10.6. The molecule has 3 aromatic rings. The topological polar surface area (TPSA) is 98.2 Å². The molecule has 0 fully saturated rings. The molecule has 0 saturated carbocycles. The maximum absolute atomic E-state index is 12.3. The van der Waals surface area contributed by atoms with Crippen LogP contribution in [0.3, 0.4) is 0 Å². The van der Waals surface area contributed by atoms with Gasteiger partial charge in [0.1, 0.15) is 12.4 Å². The van der Waals surface area contributed by atoms with Crippen molar-refractivity contribution in [1.29, 1.82) is 0 Å². The second kappa shape index (κ2) is 12.4. The molecule has 0 unspecified atom stereocenters. The van der Waals surface area contributed by atoms with Gasteiger partial charge in [0, 0.05) is 0 Å². The van der Waals surface area contributed by atoms with Crippen LogP contribution in [0, 0.1) is 0 Å². The second-order valence-corrected chi connectivity index (χ2v) is 7.84. The summed E-state index contributed by atoms with van der Waals surface area (Å²) in [6, 6.07) is 20.1. The van der Waals surface area contributed by atoms with E-state index in [4.69, 9.17) is 14.2 Å². The van der Waals surface area contributed by atoms with Crippen molar-refractivity contribution < 1.29 is 23.8 Å². The number of ether oxygens (including phenoxy) is 3. The molecule has 34 heavy (non-hydrogen) atoms. The fraction of sp³-hybridized carbons (Fsp3) is 0.160. The van der Waals surface area contributed by atoms with Crippen LogP contribution in [0.2, 0.25) is 0 Å². The standard InChI is InChI=1S/C25H24BrN3O5/c1-32-21-11-7-6-10-19(21)25(31)27-15-23(30)29-28-14-18-12-20(26)24(22(13-18)33-2)34-16-17-8-4-3-5-9-17/h3-14H,15-16H2,1-2H3,(H,27,31)(H,29,30). The molecule has 0 aliphatic carbocycles. The molecule has 2 N–H and O–H groups in total. The number of hydrazone groups is 1. The molecule has 3 rings (SSSR count). The highest BCUT2D eigenvalue weighted by Crippen LogP contribution is 2.36. The Morgan fingerprint density at radius 3 is 2.41 bits per heavy atom. The van der Waals surface area contributed by atoms with E-state index in [1.54, 1.807) is 43.5 Å². The Kier molecular flexibility index (Phi) is 9.04. The molecule has 0 saturated heterocycles. The number of hydrogen-bond acceptors (Lipinski definition) is 6. The first-order chi connectivity index (χ1) is 16.5. The molecule has 2 amide bonds. The van der Waals surface area contributed by atoms with Gasteiger partial charge in [0.05, 0.1) is 37.0 Å². The Hall–Kier alpha value is -3.85. The largest absolute Gasteiger partial charge is 0.496 e. The highest BCUT2D eigenvalue weighted by molar-refractivity contribution is 9.10. The number of rotatable bonds is 10. The molecule has 0 spiro atoms. The molecule has 0 bridgehead atoms. The van der Waals surface area contributed by atoms with Crippen molar-refractivity contribution in [3.63, 3.8) is 0 Å². The van der Waals surface area contributed by atoms with Crippen LogP contribution in [0.15, 0.2) is 76.3 Å². The highest BCUT2D eigenvalue weighted by Gasteiger charge is 2.13. The van der Waals surface area contributed by atoms with Crippen LogP contribution < -0.4 is 25.0 Å². The molecule has 0 atom stereocenters. The third-order valence-corrected chi connectivity index (χ3v) is 5.23. The number of amides is 2. The first-order valence-corrected chi connectivity index (χ1v) is 11.1. The van der Waals surface area contributed by atoms with Gasteiger partial charge in [0.2, 0.25) is 0 Å². The maximum atomic E-state index is 12.3. The lowest BCUT2D eigenvalue weighted by Crippen LogP contribution is -2.35. The van der Waals surface area contributed by atoms with Crippen molar-refractivity contribution in [2.45, 2.75) is 6.61 Å². The van der Waals surface area contributed by atoms with Gasteiger partial charge in [-0.15, -0.1) is 0 Å². The van der Waals surface area contributed by atoms with Crippen molar-refractivity contribution in [2.24, 2.45) is 5.10 Å². The summed E-state index contributed by atoms with van der Waals surface area (Å²) in [5, 5.41) is 6.48. The number of carbonyl (C=O) groups excluding carboxylic acids is 2. The van der Waals surface area contributed by atoms with E-state index in [9.17, 15) is 9.59 Å². The highest BCUT2D eigenvalue weighted by atomic mass is 79.9. The quantitative estimate of drug-likeness (QED) is 0.308. The number of hydrogen-bond donors (Lipinski definition) is 2. The van der Waals surface area contributed by atoms with E-state index in [-0.39, 0.29) is 6.54 Å². The summed E-state index contributed by atoms with van der Waals surface area (Å²) in [6.45, 7) is 0.146. The fourth-order valence-electron chi connectivity index (χ4n) is 2.99. The van der Waals surface area contributed by atoms with E-state index in [0.29, 0.717) is 39.5 Å². The van der Waals surface area contributed by atoms with Gasteiger partial charge in [0.15, 0.2) is 11.5 Å². The minimum atomic E-state index is -0.478. The monoisotopic (exact) mass is 525 g/mol. The number of benzene rings is 3. The van der Waals surface area contributed by atoms with Crippen LogP contribution in [0.1, 0.15) is 21.5 Å². The first-order valence-electron chi connectivity index (χ1n) is 10.3. The number of nitrogens with zero attached hydrogens (tertiary/aromatic N) is 1. The summed E-state index contributed by atoms with van der Waals surface area (Å²) < 4.78 is 17.2. The summed E-state index contributed by atoms with van der Waals surface area (Å²) >= 11 is 3.50. The van der Waals surface area contributed by atoms with Gasteiger partial charge in [-0.1, -0.05) is 42.5 Å². The Balaban J connectivity index is 1.55. The second-order valence-electron chi connectivity index (χ2n) is 6.98. The van der Waals surface area contributed by atoms with Gasteiger partial charge >= 0.3 is 0 Å². The van der Waals surface area contributed by atoms with E-state index in [0.717, 1.165) is 5.56 Å². The van der Waals surface area contributed by atoms with E-state index in [1.807, 2.05) is 30.3 Å². The van der Waals surface area contributed by atoms with Crippen molar-refractivity contribution >= 4 is 34.0 Å². The SMILES string of the molecule is COc1ccccc1C(=O)NCC(=O)NN=Cc1cc(Br)c(OCc2ccccc2)c(OC)c1. The average molecular weight is 526 g/mol. The predicted octanol–water partition coefficient (Wildman–Crippen LogP) is 3.93. The molecule has 3 aromatic carbocycles. The molecule has 176 valence electrons. The molecule has 0 aliphatic heterocycles. The van der Waals surface area contributed by atoms with Gasteiger partial charge < -0.3 is 19.5 Å². The van der Waals surface area contributed by atoms with E-state index in [1.165, 1.54) is 13.3 Å². The number of carbonyl (C=O) groups is 2. The minimum absolute atomic E-state index is 0.243. The average Bonchev–Trinajstić information content (AvgIpc) is 2.86. The van der Waals surface area contributed by atoms with Crippen LogP contribution in [0.5, 0.6) is 17.2 Å². The molecular weight excluding hydrogens is 502 g/mol. The Morgan fingerprint density at radius 1 is 0.971 bits per heavy atom. The van der Waals surface area contributed by atoms with Gasteiger partial charge in [-0.25, -0.2) is 5.43 Å². The molecule has 9 heteroatoms.